The standard InChI is InChI=1S/C16H20N2O2/c1-10(16(2,3)4)17-14-12(15(19)20)9-11-7-5-6-8-13(11)18-14/h5-10H,1-4H3,(H,17,18)(H,19,20). The third-order valence-corrected chi connectivity index (χ3v) is 3.61. The Labute approximate surface area is 118 Å². The lowest BCUT2D eigenvalue weighted by molar-refractivity contribution is 0.0697. The Balaban J connectivity index is 2.50. The zero-order chi connectivity index (χ0) is 14.9. The number of anilines is 1. The van der Waals surface area contributed by atoms with Gasteiger partial charge in [0.1, 0.15) is 11.4 Å². The van der Waals surface area contributed by atoms with E-state index in [4.69, 9.17) is 0 Å². The monoisotopic (exact) mass is 272 g/mol. The molecule has 0 bridgehead atoms. The second kappa shape index (κ2) is 5.12. The third kappa shape index (κ3) is 2.90. The molecule has 20 heavy (non-hydrogen) atoms. The van der Waals surface area contributed by atoms with Crippen LogP contribution in [0.25, 0.3) is 10.9 Å². The van der Waals surface area contributed by atoms with Crippen molar-refractivity contribution in [3.05, 3.63) is 35.9 Å². The molecule has 0 amide bonds. The van der Waals surface area contributed by atoms with Gasteiger partial charge in [0.15, 0.2) is 0 Å². The van der Waals surface area contributed by atoms with Crippen molar-refractivity contribution in [3.63, 3.8) is 0 Å². The summed E-state index contributed by atoms with van der Waals surface area (Å²) >= 11 is 0. The number of benzene rings is 1. The van der Waals surface area contributed by atoms with Gasteiger partial charge in [-0.1, -0.05) is 39.0 Å². The van der Waals surface area contributed by atoms with Gasteiger partial charge in [0.25, 0.3) is 0 Å². The summed E-state index contributed by atoms with van der Waals surface area (Å²) in [5.74, 6) is -0.537. The van der Waals surface area contributed by atoms with Crippen molar-refractivity contribution in [1.82, 2.24) is 4.98 Å². The van der Waals surface area contributed by atoms with Gasteiger partial charge in [-0.05, 0) is 24.5 Å². The van der Waals surface area contributed by atoms with Crippen LogP contribution >= 0.6 is 0 Å². The number of pyridine rings is 1. The van der Waals surface area contributed by atoms with Crippen molar-refractivity contribution in [2.45, 2.75) is 33.7 Å². The molecule has 2 aromatic rings. The summed E-state index contributed by atoms with van der Waals surface area (Å²) in [5.41, 5.74) is 1.02. The van der Waals surface area contributed by atoms with Crippen LogP contribution in [0.5, 0.6) is 0 Å². The number of aromatic nitrogens is 1. The van der Waals surface area contributed by atoms with E-state index in [9.17, 15) is 9.90 Å². The van der Waals surface area contributed by atoms with Crippen LogP contribution in [-0.2, 0) is 0 Å². The molecule has 0 saturated heterocycles. The summed E-state index contributed by atoms with van der Waals surface area (Å²) in [6, 6.07) is 9.30. The molecule has 4 heteroatoms. The highest BCUT2D eigenvalue weighted by atomic mass is 16.4. The molecule has 0 radical (unpaired) electrons. The molecule has 1 aromatic heterocycles. The Morgan fingerprint density at radius 2 is 1.95 bits per heavy atom. The molecule has 1 heterocycles. The predicted molar refractivity (Wildman–Crippen MR) is 81.2 cm³/mol. The Bertz CT molecular complexity index is 644. The molecule has 106 valence electrons. The predicted octanol–water partition coefficient (Wildman–Crippen LogP) is 3.78. The number of carbonyl (C=O) groups is 1. The largest absolute Gasteiger partial charge is 0.478 e. The Morgan fingerprint density at radius 3 is 2.55 bits per heavy atom. The maximum atomic E-state index is 11.4. The van der Waals surface area contributed by atoms with Gasteiger partial charge >= 0.3 is 5.97 Å². The quantitative estimate of drug-likeness (QED) is 0.892. The number of fused-ring (bicyclic) bond motifs is 1. The highest BCUT2D eigenvalue weighted by Gasteiger charge is 2.22. The van der Waals surface area contributed by atoms with Crippen LogP contribution in [0.15, 0.2) is 30.3 Å². The minimum atomic E-state index is -0.966. The lowest BCUT2D eigenvalue weighted by Gasteiger charge is -2.29. The molecule has 0 aliphatic rings. The lowest BCUT2D eigenvalue weighted by Crippen LogP contribution is -2.31. The first-order chi connectivity index (χ1) is 9.29. The van der Waals surface area contributed by atoms with Gasteiger partial charge in [-0.3, -0.25) is 0 Å². The average Bonchev–Trinajstić information content (AvgIpc) is 2.36. The fourth-order valence-electron chi connectivity index (χ4n) is 1.81. The molecule has 1 atom stereocenters. The second-order valence-corrected chi connectivity index (χ2v) is 6.11. The van der Waals surface area contributed by atoms with E-state index in [1.165, 1.54) is 0 Å². The molecular formula is C16H20N2O2. The fraction of sp³-hybridized carbons (Fsp3) is 0.375. The van der Waals surface area contributed by atoms with E-state index in [-0.39, 0.29) is 17.0 Å². The summed E-state index contributed by atoms with van der Waals surface area (Å²) in [6.45, 7) is 8.34. The molecule has 0 spiro atoms. The number of hydrogen-bond acceptors (Lipinski definition) is 3. The van der Waals surface area contributed by atoms with Crippen LogP contribution in [0.1, 0.15) is 38.1 Å². The van der Waals surface area contributed by atoms with Gasteiger partial charge in [0.05, 0.1) is 5.52 Å². The van der Waals surface area contributed by atoms with Crippen LogP contribution in [0.3, 0.4) is 0 Å². The summed E-state index contributed by atoms with van der Waals surface area (Å²) < 4.78 is 0. The van der Waals surface area contributed by atoms with E-state index in [2.05, 4.69) is 31.1 Å². The molecule has 1 unspecified atom stereocenters. The first-order valence-electron chi connectivity index (χ1n) is 6.68. The maximum absolute atomic E-state index is 11.4. The number of aromatic carboxylic acids is 1. The number of carboxylic acids is 1. The third-order valence-electron chi connectivity index (χ3n) is 3.61. The van der Waals surface area contributed by atoms with Gasteiger partial charge in [-0.2, -0.15) is 0 Å². The SMILES string of the molecule is CC(Nc1nc2ccccc2cc1C(=O)O)C(C)(C)C. The highest BCUT2D eigenvalue weighted by Crippen LogP contribution is 2.26. The molecule has 0 fully saturated rings. The van der Waals surface area contributed by atoms with E-state index in [0.717, 1.165) is 10.9 Å². The Kier molecular flexibility index (Phi) is 3.66. The summed E-state index contributed by atoms with van der Waals surface area (Å²) in [7, 11) is 0. The molecule has 0 aliphatic heterocycles. The summed E-state index contributed by atoms with van der Waals surface area (Å²) in [4.78, 5) is 15.9. The maximum Gasteiger partial charge on any atom is 0.339 e. The van der Waals surface area contributed by atoms with Crippen LogP contribution in [0.4, 0.5) is 5.82 Å². The molecule has 0 aliphatic carbocycles. The van der Waals surface area contributed by atoms with Crippen LogP contribution < -0.4 is 5.32 Å². The van der Waals surface area contributed by atoms with Crippen molar-refractivity contribution in [2.75, 3.05) is 5.32 Å². The zero-order valence-corrected chi connectivity index (χ0v) is 12.3. The van der Waals surface area contributed by atoms with Gasteiger partial charge < -0.3 is 10.4 Å². The van der Waals surface area contributed by atoms with Crippen molar-refractivity contribution >= 4 is 22.7 Å². The number of hydrogen-bond donors (Lipinski definition) is 2. The van der Waals surface area contributed by atoms with Crippen molar-refractivity contribution in [3.8, 4) is 0 Å². The van der Waals surface area contributed by atoms with E-state index < -0.39 is 5.97 Å². The number of nitrogens with zero attached hydrogens (tertiary/aromatic N) is 1. The van der Waals surface area contributed by atoms with E-state index >= 15 is 0 Å². The molecule has 0 saturated carbocycles. The molecular weight excluding hydrogens is 252 g/mol. The second-order valence-electron chi connectivity index (χ2n) is 6.11. The van der Waals surface area contributed by atoms with Crippen molar-refractivity contribution in [2.24, 2.45) is 5.41 Å². The lowest BCUT2D eigenvalue weighted by atomic mass is 9.88. The van der Waals surface area contributed by atoms with Crippen molar-refractivity contribution in [1.29, 1.82) is 0 Å². The number of rotatable bonds is 3. The number of carboxylic acid groups (broad SMARTS) is 1. The van der Waals surface area contributed by atoms with Gasteiger partial charge in [0, 0.05) is 11.4 Å². The van der Waals surface area contributed by atoms with Crippen LogP contribution in [0, 0.1) is 5.41 Å². The van der Waals surface area contributed by atoms with Gasteiger partial charge in [-0.25, -0.2) is 9.78 Å². The minimum absolute atomic E-state index is 0.0170. The smallest absolute Gasteiger partial charge is 0.339 e. The Hall–Kier alpha value is -2.10. The first-order valence-corrected chi connectivity index (χ1v) is 6.68. The van der Waals surface area contributed by atoms with Gasteiger partial charge in [0.2, 0.25) is 0 Å². The highest BCUT2D eigenvalue weighted by molar-refractivity contribution is 5.98. The topological polar surface area (TPSA) is 62.2 Å². The molecule has 2 N–H and O–H groups in total. The molecule has 4 nitrogen and oxygen atoms in total. The zero-order valence-electron chi connectivity index (χ0n) is 12.3. The summed E-state index contributed by atoms with van der Waals surface area (Å²) in [5, 5.41) is 13.4. The number of nitrogens with one attached hydrogen (secondary N) is 1. The van der Waals surface area contributed by atoms with Gasteiger partial charge in [-0.15, -0.1) is 0 Å². The van der Waals surface area contributed by atoms with E-state index in [1.54, 1.807) is 6.07 Å². The summed E-state index contributed by atoms with van der Waals surface area (Å²) in [6.07, 6.45) is 0. The minimum Gasteiger partial charge on any atom is -0.478 e. The Morgan fingerprint density at radius 1 is 1.30 bits per heavy atom. The normalized spacial score (nSPS) is 13.2. The number of para-hydroxylation sites is 1. The fourth-order valence-corrected chi connectivity index (χ4v) is 1.81. The average molecular weight is 272 g/mol. The molecule has 2 rings (SSSR count). The van der Waals surface area contributed by atoms with Crippen LogP contribution in [0.2, 0.25) is 0 Å². The van der Waals surface area contributed by atoms with Crippen LogP contribution in [-0.4, -0.2) is 22.1 Å². The van der Waals surface area contributed by atoms with E-state index in [0.29, 0.717) is 5.82 Å². The van der Waals surface area contributed by atoms with E-state index in [1.807, 2.05) is 31.2 Å². The molecule has 1 aromatic carbocycles. The first kappa shape index (κ1) is 14.3. The van der Waals surface area contributed by atoms with Crippen molar-refractivity contribution < 1.29 is 9.90 Å².